The quantitative estimate of drug-likeness (QED) is 0.556. The van der Waals surface area contributed by atoms with Gasteiger partial charge in [-0.15, -0.1) is 0 Å². The minimum atomic E-state index is 0.322. The molecular weight excluding hydrogens is 176 g/mol. The highest BCUT2D eigenvalue weighted by Crippen LogP contribution is 2.02. The molecule has 1 rings (SSSR count). The Morgan fingerprint density at radius 2 is 1.79 bits per heavy atom. The first-order valence-electron chi connectivity index (χ1n) is 4.51. The third kappa shape index (κ3) is 8.40. The second kappa shape index (κ2) is 9.39. The Morgan fingerprint density at radius 3 is 2.14 bits per heavy atom. The Hall–Kier alpha value is -1.70. The summed E-state index contributed by atoms with van der Waals surface area (Å²) in [4.78, 5) is 0. The van der Waals surface area contributed by atoms with Crippen LogP contribution in [0.5, 0.6) is 5.75 Å². The van der Waals surface area contributed by atoms with Crippen LogP contribution in [0.15, 0.2) is 54.8 Å². The van der Waals surface area contributed by atoms with E-state index in [1.54, 1.807) is 36.4 Å². The van der Waals surface area contributed by atoms with Gasteiger partial charge in [-0.3, -0.25) is 0 Å². The summed E-state index contributed by atoms with van der Waals surface area (Å²) in [5.41, 5.74) is 0. The fourth-order valence-electron chi connectivity index (χ4n) is 0.692. The van der Waals surface area contributed by atoms with Gasteiger partial charge in [-0.1, -0.05) is 37.3 Å². The monoisotopic (exact) mass is 192 g/mol. The lowest BCUT2D eigenvalue weighted by atomic mass is 10.3. The average Bonchev–Trinajstić information content (AvgIpc) is 2.21. The highest BCUT2D eigenvalue weighted by atomic mass is 16.3. The highest BCUT2D eigenvalue weighted by Gasteiger charge is 1.74. The molecule has 76 valence electrons. The van der Waals surface area contributed by atoms with Gasteiger partial charge in [0.2, 0.25) is 0 Å². The van der Waals surface area contributed by atoms with Crippen LogP contribution >= 0.6 is 0 Å². The zero-order valence-corrected chi connectivity index (χ0v) is 8.30. The maximum absolute atomic E-state index is 8.63. The first kappa shape index (κ1) is 12.3. The zero-order chi connectivity index (χ0) is 10.6. The van der Waals surface area contributed by atoms with E-state index in [0.717, 1.165) is 12.7 Å². The molecule has 0 spiro atoms. The lowest BCUT2D eigenvalue weighted by Crippen LogP contribution is -1.56. The van der Waals surface area contributed by atoms with Crippen LogP contribution in [0.2, 0.25) is 0 Å². The Labute approximate surface area is 84.8 Å². The first-order valence-corrected chi connectivity index (χ1v) is 4.51. The van der Waals surface area contributed by atoms with Crippen LogP contribution in [0.4, 0.5) is 0 Å². The van der Waals surface area contributed by atoms with Gasteiger partial charge in [-0.05, 0) is 24.6 Å². The van der Waals surface area contributed by atoms with Gasteiger partial charge < -0.3 is 10.2 Å². The van der Waals surface area contributed by atoms with E-state index in [1.807, 2.05) is 19.1 Å². The SMILES string of the molecule is CC/C=C\C=C/O.Oc1ccccc1. The minimum absolute atomic E-state index is 0.322. The number of hydrogen-bond acceptors (Lipinski definition) is 2. The molecule has 2 nitrogen and oxygen atoms in total. The summed E-state index contributed by atoms with van der Waals surface area (Å²) in [7, 11) is 0. The molecule has 14 heavy (non-hydrogen) atoms. The van der Waals surface area contributed by atoms with Crippen LogP contribution in [0, 0.1) is 0 Å². The van der Waals surface area contributed by atoms with Crippen molar-refractivity contribution in [3.63, 3.8) is 0 Å². The molecule has 1 aromatic rings. The molecule has 0 radical (unpaired) electrons. The smallest absolute Gasteiger partial charge is 0.115 e. The van der Waals surface area contributed by atoms with Crippen molar-refractivity contribution in [2.75, 3.05) is 0 Å². The summed E-state index contributed by atoms with van der Waals surface area (Å²) in [6.07, 6.45) is 7.40. The third-order valence-corrected chi connectivity index (χ3v) is 1.33. The number of hydrogen-bond donors (Lipinski definition) is 2. The number of benzene rings is 1. The number of aliphatic hydroxyl groups excluding tert-OH is 1. The normalized spacial score (nSPS) is 10.1. The second-order valence-electron chi connectivity index (χ2n) is 2.51. The molecule has 0 aliphatic carbocycles. The van der Waals surface area contributed by atoms with Gasteiger partial charge in [0.1, 0.15) is 5.75 Å². The van der Waals surface area contributed by atoms with E-state index in [0.29, 0.717) is 5.75 Å². The topological polar surface area (TPSA) is 40.5 Å². The number of aliphatic hydroxyl groups is 1. The Balaban J connectivity index is 0.000000241. The van der Waals surface area contributed by atoms with E-state index in [1.165, 1.54) is 0 Å². The Bertz CT molecular complexity index is 263. The van der Waals surface area contributed by atoms with Crippen LogP contribution in [0.25, 0.3) is 0 Å². The van der Waals surface area contributed by atoms with Crippen molar-refractivity contribution in [2.45, 2.75) is 13.3 Å². The number of phenolic OH excluding ortho intramolecular Hbond substituents is 1. The standard InChI is InChI=1S/C6H6O.C6H10O/c7-6-4-2-1-3-5-6;1-2-3-4-5-6-7/h1-5,7H;3-7H,2H2,1H3/b;4-3-,6-5-. The summed E-state index contributed by atoms with van der Waals surface area (Å²) in [6, 6.07) is 8.71. The maximum atomic E-state index is 8.63. The molecule has 0 atom stereocenters. The fourth-order valence-corrected chi connectivity index (χ4v) is 0.692. The molecule has 0 amide bonds. The molecule has 0 saturated heterocycles. The van der Waals surface area contributed by atoms with Crippen molar-refractivity contribution in [3.8, 4) is 5.75 Å². The van der Waals surface area contributed by atoms with E-state index < -0.39 is 0 Å². The molecule has 1 aromatic carbocycles. The number of aromatic hydroxyl groups is 1. The average molecular weight is 192 g/mol. The van der Waals surface area contributed by atoms with E-state index in [2.05, 4.69) is 0 Å². The lowest BCUT2D eigenvalue weighted by Gasteiger charge is -1.82. The lowest BCUT2D eigenvalue weighted by molar-refractivity contribution is 0.473. The Kier molecular flexibility index (Phi) is 8.25. The number of para-hydroxylation sites is 1. The van der Waals surface area contributed by atoms with Crippen molar-refractivity contribution >= 4 is 0 Å². The van der Waals surface area contributed by atoms with Gasteiger partial charge in [-0.25, -0.2) is 0 Å². The van der Waals surface area contributed by atoms with Crippen molar-refractivity contribution in [2.24, 2.45) is 0 Å². The summed E-state index contributed by atoms with van der Waals surface area (Å²) >= 11 is 0. The first-order chi connectivity index (χ1) is 6.81. The van der Waals surface area contributed by atoms with Gasteiger partial charge >= 0.3 is 0 Å². The minimum Gasteiger partial charge on any atom is -0.516 e. The predicted octanol–water partition coefficient (Wildman–Crippen LogP) is 3.42. The molecule has 0 bridgehead atoms. The second-order valence-corrected chi connectivity index (χ2v) is 2.51. The molecule has 0 aliphatic heterocycles. The molecule has 2 heteroatoms. The molecule has 0 aromatic heterocycles. The molecule has 0 fully saturated rings. The van der Waals surface area contributed by atoms with Crippen molar-refractivity contribution < 1.29 is 10.2 Å². The van der Waals surface area contributed by atoms with Crippen LogP contribution in [-0.2, 0) is 0 Å². The summed E-state index contributed by atoms with van der Waals surface area (Å²) in [5.74, 6) is 0.322. The number of phenols is 1. The number of allylic oxidation sites excluding steroid dienone is 3. The largest absolute Gasteiger partial charge is 0.516 e. The van der Waals surface area contributed by atoms with Gasteiger partial charge in [0.25, 0.3) is 0 Å². The van der Waals surface area contributed by atoms with E-state index in [9.17, 15) is 0 Å². The van der Waals surface area contributed by atoms with Gasteiger partial charge in [0.15, 0.2) is 0 Å². The summed E-state index contributed by atoms with van der Waals surface area (Å²) in [5, 5.41) is 16.7. The molecule has 2 N–H and O–H groups in total. The molecule has 0 saturated carbocycles. The molecular formula is C12H16O2. The van der Waals surface area contributed by atoms with Gasteiger partial charge in [0, 0.05) is 0 Å². The van der Waals surface area contributed by atoms with E-state index >= 15 is 0 Å². The van der Waals surface area contributed by atoms with Crippen molar-refractivity contribution in [3.05, 3.63) is 54.8 Å². The van der Waals surface area contributed by atoms with Crippen LogP contribution in [-0.4, -0.2) is 10.2 Å². The summed E-state index contributed by atoms with van der Waals surface area (Å²) in [6.45, 7) is 2.04. The predicted molar refractivity (Wildman–Crippen MR) is 59.3 cm³/mol. The van der Waals surface area contributed by atoms with Crippen LogP contribution < -0.4 is 0 Å². The Morgan fingerprint density at radius 1 is 1.14 bits per heavy atom. The molecule has 0 aliphatic rings. The van der Waals surface area contributed by atoms with E-state index in [-0.39, 0.29) is 0 Å². The maximum Gasteiger partial charge on any atom is 0.115 e. The van der Waals surface area contributed by atoms with Crippen LogP contribution in [0.1, 0.15) is 13.3 Å². The van der Waals surface area contributed by atoms with Gasteiger partial charge in [0.05, 0.1) is 6.26 Å². The highest BCUT2D eigenvalue weighted by molar-refractivity contribution is 5.18. The zero-order valence-electron chi connectivity index (χ0n) is 8.30. The van der Waals surface area contributed by atoms with E-state index in [4.69, 9.17) is 10.2 Å². The van der Waals surface area contributed by atoms with Crippen LogP contribution in [0.3, 0.4) is 0 Å². The number of rotatable bonds is 2. The molecule has 0 heterocycles. The third-order valence-electron chi connectivity index (χ3n) is 1.33. The van der Waals surface area contributed by atoms with Crippen molar-refractivity contribution in [1.29, 1.82) is 0 Å². The van der Waals surface area contributed by atoms with Gasteiger partial charge in [-0.2, -0.15) is 0 Å². The summed E-state index contributed by atoms with van der Waals surface area (Å²) < 4.78 is 0. The van der Waals surface area contributed by atoms with Crippen molar-refractivity contribution in [1.82, 2.24) is 0 Å². The molecule has 0 unspecified atom stereocenters. The fraction of sp³-hybridized carbons (Fsp3) is 0.167.